The van der Waals surface area contributed by atoms with E-state index in [0.717, 1.165) is 33.1 Å². The van der Waals surface area contributed by atoms with Crippen molar-refractivity contribution in [2.45, 2.75) is 26.7 Å². The predicted molar refractivity (Wildman–Crippen MR) is 85.8 cm³/mol. The van der Waals surface area contributed by atoms with Gasteiger partial charge in [0, 0.05) is 21.1 Å². The van der Waals surface area contributed by atoms with Gasteiger partial charge in [-0.2, -0.15) is 0 Å². The third-order valence-electron chi connectivity index (χ3n) is 3.35. The molecule has 0 radical (unpaired) electrons. The summed E-state index contributed by atoms with van der Waals surface area (Å²) in [5.74, 6) is 0.161. The van der Waals surface area contributed by atoms with Crippen molar-refractivity contribution in [2.24, 2.45) is 5.41 Å². The third-order valence-corrected chi connectivity index (χ3v) is 4.78. The summed E-state index contributed by atoms with van der Waals surface area (Å²) in [6.45, 7) is 6.20. The average molecular weight is 422 g/mol. The van der Waals surface area contributed by atoms with E-state index in [-0.39, 0.29) is 11.3 Å². The van der Waals surface area contributed by atoms with Crippen LogP contribution in [0.2, 0.25) is 0 Å². The van der Waals surface area contributed by atoms with Gasteiger partial charge in [-0.05, 0) is 59.0 Å². The molecule has 2 rings (SSSR count). The van der Waals surface area contributed by atoms with E-state index in [1.807, 2.05) is 23.1 Å². The second-order valence-electron chi connectivity index (χ2n) is 5.62. The Balaban J connectivity index is 2.23. The van der Waals surface area contributed by atoms with E-state index in [2.05, 4.69) is 52.4 Å². The normalized spacial score (nSPS) is 18.8. The summed E-state index contributed by atoms with van der Waals surface area (Å²) in [6.07, 6.45) is 2.30. The van der Waals surface area contributed by atoms with Gasteiger partial charge in [-0.1, -0.05) is 29.8 Å². The van der Waals surface area contributed by atoms with Crippen LogP contribution in [0, 0.1) is 8.99 Å². The van der Waals surface area contributed by atoms with Gasteiger partial charge in [0.15, 0.2) is 0 Å². The van der Waals surface area contributed by atoms with Crippen molar-refractivity contribution in [3.8, 4) is 0 Å². The number of hydrogen-bond acceptors (Lipinski definition) is 1. The quantitative estimate of drug-likeness (QED) is 0.618. The van der Waals surface area contributed by atoms with E-state index in [4.69, 9.17) is 0 Å². The molecule has 2 nitrogen and oxygen atoms in total. The lowest BCUT2D eigenvalue weighted by atomic mass is 9.84. The smallest absolute Gasteiger partial charge is 0.254 e. The van der Waals surface area contributed by atoms with E-state index < -0.39 is 0 Å². The van der Waals surface area contributed by atoms with E-state index in [9.17, 15) is 4.79 Å². The monoisotopic (exact) mass is 421 g/mol. The standard InChI is InChI=1S/C14H17BrINO/c1-14(2)6-3-7-17(9-14)13(18)11-8-10(15)4-5-12(11)16/h4-5,8H,3,6-7,9H2,1-2H3. The molecule has 98 valence electrons. The number of hydrogen-bond donors (Lipinski definition) is 0. The zero-order chi connectivity index (χ0) is 13.3. The van der Waals surface area contributed by atoms with E-state index in [0.29, 0.717) is 0 Å². The molecule has 0 spiro atoms. The fourth-order valence-electron chi connectivity index (χ4n) is 2.43. The predicted octanol–water partition coefficient (Wildman–Crippen LogP) is 4.32. The maximum Gasteiger partial charge on any atom is 0.254 e. The first kappa shape index (κ1) is 14.3. The molecule has 1 aromatic rings. The number of carbonyl (C=O) groups excluding carboxylic acids is 1. The molecule has 0 bridgehead atoms. The molecule has 1 aliphatic rings. The highest BCUT2D eigenvalue weighted by molar-refractivity contribution is 14.1. The average Bonchev–Trinajstić information content (AvgIpc) is 2.30. The Hall–Kier alpha value is -0.100. The van der Waals surface area contributed by atoms with Crippen molar-refractivity contribution >= 4 is 44.4 Å². The van der Waals surface area contributed by atoms with Crippen molar-refractivity contribution in [3.05, 3.63) is 31.8 Å². The molecule has 1 saturated heterocycles. The number of amides is 1. The largest absolute Gasteiger partial charge is 0.338 e. The summed E-state index contributed by atoms with van der Waals surface area (Å²) in [7, 11) is 0. The van der Waals surface area contributed by atoms with Crippen molar-refractivity contribution in [1.29, 1.82) is 0 Å². The zero-order valence-electron chi connectivity index (χ0n) is 10.7. The molecule has 1 amide bonds. The first-order valence-electron chi connectivity index (χ1n) is 6.13. The lowest BCUT2D eigenvalue weighted by Crippen LogP contribution is -2.43. The van der Waals surface area contributed by atoms with Crippen molar-refractivity contribution in [3.63, 3.8) is 0 Å². The lowest BCUT2D eigenvalue weighted by Gasteiger charge is -2.38. The SMILES string of the molecule is CC1(C)CCCN(C(=O)c2cc(Br)ccc2I)C1. The molecule has 0 unspecified atom stereocenters. The van der Waals surface area contributed by atoms with Crippen LogP contribution in [0.3, 0.4) is 0 Å². The Bertz CT molecular complexity index is 473. The van der Waals surface area contributed by atoms with Gasteiger partial charge in [-0.3, -0.25) is 4.79 Å². The van der Waals surface area contributed by atoms with Gasteiger partial charge in [0.1, 0.15) is 0 Å². The summed E-state index contributed by atoms with van der Waals surface area (Å²) >= 11 is 5.67. The maximum atomic E-state index is 12.6. The molecule has 0 saturated carbocycles. The fourth-order valence-corrected chi connectivity index (χ4v) is 3.36. The molecule has 0 N–H and O–H groups in total. The Morgan fingerprint density at radius 2 is 2.17 bits per heavy atom. The van der Waals surface area contributed by atoms with Gasteiger partial charge in [-0.25, -0.2) is 0 Å². The van der Waals surface area contributed by atoms with Gasteiger partial charge in [-0.15, -0.1) is 0 Å². The minimum atomic E-state index is 0.161. The number of likely N-dealkylation sites (tertiary alicyclic amines) is 1. The number of benzene rings is 1. The first-order valence-corrected chi connectivity index (χ1v) is 8.01. The van der Waals surface area contributed by atoms with Crippen LogP contribution in [-0.2, 0) is 0 Å². The summed E-state index contributed by atoms with van der Waals surface area (Å²) in [6, 6.07) is 5.87. The molecule has 1 heterocycles. The van der Waals surface area contributed by atoms with Crippen LogP contribution in [-0.4, -0.2) is 23.9 Å². The van der Waals surface area contributed by atoms with Crippen LogP contribution in [0.5, 0.6) is 0 Å². The highest BCUT2D eigenvalue weighted by Gasteiger charge is 2.30. The molecule has 0 aliphatic carbocycles. The van der Waals surface area contributed by atoms with Gasteiger partial charge in [0.25, 0.3) is 5.91 Å². The molecule has 0 atom stereocenters. The number of halogens is 2. The van der Waals surface area contributed by atoms with Crippen LogP contribution >= 0.6 is 38.5 Å². The molecule has 1 fully saturated rings. The number of piperidine rings is 1. The third kappa shape index (κ3) is 3.26. The summed E-state index contributed by atoms with van der Waals surface area (Å²) in [5, 5.41) is 0. The van der Waals surface area contributed by atoms with Crippen LogP contribution < -0.4 is 0 Å². The van der Waals surface area contributed by atoms with Crippen LogP contribution in [0.15, 0.2) is 22.7 Å². The molecular formula is C14H17BrINO. The first-order chi connectivity index (χ1) is 8.39. The molecular weight excluding hydrogens is 405 g/mol. The van der Waals surface area contributed by atoms with Crippen LogP contribution in [0.4, 0.5) is 0 Å². The number of rotatable bonds is 1. The van der Waals surface area contributed by atoms with E-state index in [1.165, 1.54) is 6.42 Å². The van der Waals surface area contributed by atoms with Gasteiger partial charge in [0.2, 0.25) is 0 Å². The molecule has 4 heteroatoms. The molecule has 18 heavy (non-hydrogen) atoms. The molecule has 1 aliphatic heterocycles. The Labute approximate surface area is 130 Å². The van der Waals surface area contributed by atoms with Gasteiger partial charge < -0.3 is 4.90 Å². The lowest BCUT2D eigenvalue weighted by molar-refractivity contribution is 0.0582. The van der Waals surface area contributed by atoms with Crippen LogP contribution in [0.1, 0.15) is 37.0 Å². The minimum Gasteiger partial charge on any atom is -0.338 e. The molecule has 1 aromatic carbocycles. The minimum absolute atomic E-state index is 0.161. The highest BCUT2D eigenvalue weighted by Crippen LogP contribution is 2.30. The van der Waals surface area contributed by atoms with E-state index in [1.54, 1.807) is 0 Å². The Morgan fingerprint density at radius 1 is 1.44 bits per heavy atom. The van der Waals surface area contributed by atoms with Crippen LogP contribution in [0.25, 0.3) is 0 Å². The second-order valence-corrected chi connectivity index (χ2v) is 7.70. The van der Waals surface area contributed by atoms with Gasteiger partial charge >= 0.3 is 0 Å². The zero-order valence-corrected chi connectivity index (χ0v) is 14.4. The molecule has 0 aromatic heterocycles. The van der Waals surface area contributed by atoms with Crippen molar-refractivity contribution < 1.29 is 4.79 Å². The number of carbonyl (C=O) groups is 1. The van der Waals surface area contributed by atoms with E-state index >= 15 is 0 Å². The van der Waals surface area contributed by atoms with Gasteiger partial charge in [0.05, 0.1) is 5.56 Å². The number of nitrogens with zero attached hydrogens (tertiary/aromatic N) is 1. The maximum absolute atomic E-state index is 12.6. The topological polar surface area (TPSA) is 20.3 Å². The summed E-state index contributed by atoms with van der Waals surface area (Å²) < 4.78 is 1.98. The summed E-state index contributed by atoms with van der Waals surface area (Å²) in [5.41, 5.74) is 1.05. The van der Waals surface area contributed by atoms with Crippen molar-refractivity contribution in [1.82, 2.24) is 4.90 Å². The van der Waals surface area contributed by atoms with Crippen molar-refractivity contribution in [2.75, 3.05) is 13.1 Å². The Kier molecular flexibility index (Phi) is 4.36. The summed E-state index contributed by atoms with van der Waals surface area (Å²) in [4.78, 5) is 14.6. The fraction of sp³-hybridized carbons (Fsp3) is 0.500. The second kappa shape index (κ2) is 5.49. The Morgan fingerprint density at radius 3 is 2.83 bits per heavy atom. The highest BCUT2D eigenvalue weighted by atomic mass is 127.